The SMILES string of the molecule is COC[C@H](C)NCc1ccccc1O. The minimum atomic E-state index is 0.291. The fourth-order valence-corrected chi connectivity index (χ4v) is 1.25. The van der Waals surface area contributed by atoms with E-state index in [-0.39, 0.29) is 0 Å². The van der Waals surface area contributed by atoms with E-state index >= 15 is 0 Å². The van der Waals surface area contributed by atoms with Crippen molar-refractivity contribution in [1.82, 2.24) is 5.32 Å². The summed E-state index contributed by atoms with van der Waals surface area (Å²) in [6.07, 6.45) is 0. The fourth-order valence-electron chi connectivity index (χ4n) is 1.25. The van der Waals surface area contributed by atoms with Gasteiger partial charge in [0, 0.05) is 25.3 Å². The molecule has 0 aliphatic rings. The van der Waals surface area contributed by atoms with Crippen LogP contribution < -0.4 is 5.32 Å². The molecule has 0 heterocycles. The van der Waals surface area contributed by atoms with E-state index in [1.807, 2.05) is 25.1 Å². The van der Waals surface area contributed by atoms with Gasteiger partial charge in [-0.25, -0.2) is 0 Å². The number of phenols is 1. The van der Waals surface area contributed by atoms with E-state index in [4.69, 9.17) is 4.74 Å². The molecule has 0 bridgehead atoms. The van der Waals surface area contributed by atoms with Gasteiger partial charge in [0.1, 0.15) is 5.75 Å². The molecule has 1 rings (SSSR count). The van der Waals surface area contributed by atoms with Crippen LogP contribution in [0.3, 0.4) is 0 Å². The van der Waals surface area contributed by atoms with Crippen molar-refractivity contribution in [1.29, 1.82) is 0 Å². The van der Waals surface area contributed by atoms with Crippen molar-refractivity contribution in [3.8, 4) is 5.75 Å². The summed E-state index contributed by atoms with van der Waals surface area (Å²) in [7, 11) is 1.68. The number of para-hydroxylation sites is 1. The van der Waals surface area contributed by atoms with Gasteiger partial charge in [-0.3, -0.25) is 0 Å². The maximum absolute atomic E-state index is 9.48. The predicted molar refractivity (Wildman–Crippen MR) is 56.3 cm³/mol. The predicted octanol–water partition coefficient (Wildman–Crippen LogP) is 1.52. The molecule has 0 aromatic heterocycles. The molecular formula is C11H17NO2. The van der Waals surface area contributed by atoms with Crippen molar-refractivity contribution in [3.05, 3.63) is 29.8 Å². The number of hydrogen-bond donors (Lipinski definition) is 2. The molecule has 1 atom stereocenters. The third kappa shape index (κ3) is 3.36. The van der Waals surface area contributed by atoms with E-state index < -0.39 is 0 Å². The Kier molecular flexibility index (Phi) is 4.43. The summed E-state index contributed by atoms with van der Waals surface area (Å²) in [6.45, 7) is 3.38. The third-order valence-electron chi connectivity index (χ3n) is 2.05. The largest absolute Gasteiger partial charge is 0.508 e. The van der Waals surface area contributed by atoms with Crippen LogP contribution in [0.5, 0.6) is 5.75 Å². The number of hydrogen-bond acceptors (Lipinski definition) is 3. The van der Waals surface area contributed by atoms with Gasteiger partial charge in [-0.2, -0.15) is 0 Å². The van der Waals surface area contributed by atoms with Crippen molar-refractivity contribution in [2.75, 3.05) is 13.7 Å². The highest BCUT2D eigenvalue weighted by Crippen LogP contribution is 2.14. The maximum Gasteiger partial charge on any atom is 0.120 e. The number of phenolic OH excluding ortho intramolecular Hbond substituents is 1. The molecule has 0 amide bonds. The van der Waals surface area contributed by atoms with Gasteiger partial charge in [0.15, 0.2) is 0 Å². The van der Waals surface area contributed by atoms with Gasteiger partial charge in [-0.1, -0.05) is 18.2 Å². The molecular weight excluding hydrogens is 178 g/mol. The van der Waals surface area contributed by atoms with Crippen LogP contribution in [0.25, 0.3) is 0 Å². The normalized spacial score (nSPS) is 12.7. The van der Waals surface area contributed by atoms with Crippen molar-refractivity contribution in [2.24, 2.45) is 0 Å². The highest BCUT2D eigenvalue weighted by atomic mass is 16.5. The molecule has 0 unspecified atom stereocenters. The minimum Gasteiger partial charge on any atom is -0.508 e. The van der Waals surface area contributed by atoms with Crippen LogP contribution in [-0.2, 0) is 11.3 Å². The molecule has 1 aromatic rings. The van der Waals surface area contributed by atoms with E-state index in [1.165, 1.54) is 0 Å². The monoisotopic (exact) mass is 195 g/mol. The molecule has 0 spiro atoms. The molecule has 14 heavy (non-hydrogen) atoms. The Bertz CT molecular complexity index is 276. The first-order valence-electron chi connectivity index (χ1n) is 4.73. The van der Waals surface area contributed by atoms with Crippen LogP contribution >= 0.6 is 0 Å². The zero-order valence-electron chi connectivity index (χ0n) is 8.66. The van der Waals surface area contributed by atoms with Gasteiger partial charge < -0.3 is 15.2 Å². The summed E-state index contributed by atoms with van der Waals surface area (Å²) in [4.78, 5) is 0. The van der Waals surface area contributed by atoms with Crippen molar-refractivity contribution in [2.45, 2.75) is 19.5 Å². The lowest BCUT2D eigenvalue weighted by Gasteiger charge is -2.13. The van der Waals surface area contributed by atoms with Crippen LogP contribution in [0.2, 0.25) is 0 Å². The van der Waals surface area contributed by atoms with E-state index in [9.17, 15) is 5.11 Å². The van der Waals surface area contributed by atoms with E-state index in [2.05, 4.69) is 5.32 Å². The van der Waals surface area contributed by atoms with E-state index in [0.717, 1.165) is 5.56 Å². The van der Waals surface area contributed by atoms with Gasteiger partial charge in [0.25, 0.3) is 0 Å². The molecule has 0 saturated carbocycles. The summed E-state index contributed by atoms with van der Waals surface area (Å²) >= 11 is 0. The zero-order valence-corrected chi connectivity index (χ0v) is 8.66. The molecule has 3 heteroatoms. The number of nitrogens with one attached hydrogen (secondary N) is 1. The van der Waals surface area contributed by atoms with Crippen LogP contribution in [-0.4, -0.2) is 24.9 Å². The number of benzene rings is 1. The summed E-state index contributed by atoms with van der Waals surface area (Å²) in [5, 5.41) is 12.7. The Morgan fingerprint density at radius 1 is 1.43 bits per heavy atom. The average molecular weight is 195 g/mol. The molecule has 0 fully saturated rings. The van der Waals surface area contributed by atoms with Crippen molar-refractivity contribution >= 4 is 0 Å². The molecule has 0 radical (unpaired) electrons. The Morgan fingerprint density at radius 3 is 2.79 bits per heavy atom. The Morgan fingerprint density at radius 2 is 2.14 bits per heavy atom. The molecule has 2 N–H and O–H groups in total. The molecule has 0 saturated heterocycles. The quantitative estimate of drug-likeness (QED) is 0.748. The summed E-state index contributed by atoms with van der Waals surface area (Å²) in [5.74, 6) is 0.338. The van der Waals surface area contributed by atoms with Crippen LogP contribution in [0.1, 0.15) is 12.5 Å². The standard InChI is InChI=1S/C11H17NO2/c1-9(8-14-2)12-7-10-5-3-4-6-11(10)13/h3-6,9,12-13H,7-8H2,1-2H3/t9-/m0/s1. The number of aromatic hydroxyl groups is 1. The zero-order chi connectivity index (χ0) is 10.4. The molecule has 0 aliphatic heterocycles. The average Bonchev–Trinajstić information content (AvgIpc) is 2.17. The Balaban J connectivity index is 2.41. The van der Waals surface area contributed by atoms with Gasteiger partial charge in [-0.05, 0) is 13.0 Å². The van der Waals surface area contributed by atoms with Gasteiger partial charge >= 0.3 is 0 Å². The summed E-state index contributed by atoms with van der Waals surface area (Å²) in [6, 6.07) is 7.62. The highest BCUT2D eigenvalue weighted by Gasteiger charge is 2.02. The number of rotatable bonds is 5. The first-order chi connectivity index (χ1) is 6.74. The van der Waals surface area contributed by atoms with Crippen LogP contribution in [0.15, 0.2) is 24.3 Å². The van der Waals surface area contributed by atoms with Gasteiger partial charge in [-0.15, -0.1) is 0 Å². The number of methoxy groups -OCH3 is 1. The van der Waals surface area contributed by atoms with E-state index in [1.54, 1.807) is 13.2 Å². The second-order valence-electron chi connectivity index (χ2n) is 3.37. The lowest BCUT2D eigenvalue weighted by molar-refractivity contribution is 0.171. The van der Waals surface area contributed by atoms with Crippen molar-refractivity contribution in [3.63, 3.8) is 0 Å². The first-order valence-corrected chi connectivity index (χ1v) is 4.73. The Labute approximate surface area is 84.7 Å². The van der Waals surface area contributed by atoms with E-state index in [0.29, 0.717) is 24.9 Å². The summed E-state index contributed by atoms with van der Waals surface area (Å²) in [5.41, 5.74) is 0.912. The van der Waals surface area contributed by atoms with Crippen molar-refractivity contribution < 1.29 is 9.84 Å². The van der Waals surface area contributed by atoms with Crippen LogP contribution in [0, 0.1) is 0 Å². The highest BCUT2D eigenvalue weighted by molar-refractivity contribution is 5.31. The van der Waals surface area contributed by atoms with Crippen LogP contribution in [0.4, 0.5) is 0 Å². The molecule has 78 valence electrons. The van der Waals surface area contributed by atoms with Gasteiger partial charge in [0.05, 0.1) is 6.61 Å². The summed E-state index contributed by atoms with van der Waals surface area (Å²) < 4.78 is 5.00. The molecule has 3 nitrogen and oxygen atoms in total. The lowest BCUT2D eigenvalue weighted by Crippen LogP contribution is -2.29. The minimum absolute atomic E-state index is 0.291. The second kappa shape index (κ2) is 5.62. The fraction of sp³-hybridized carbons (Fsp3) is 0.455. The third-order valence-corrected chi connectivity index (χ3v) is 2.05. The first kappa shape index (κ1) is 11.0. The smallest absolute Gasteiger partial charge is 0.120 e. The Hall–Kier alpha value is -1.06. The molecule has 0 aliphatic carbocycles. The number of ether oxygens (including phenoxy) is 1. The maximum atomic E-state index is 9.48. The second-order valence-corrected chi connectivity index (χ2v) is 3.37. The topological polar surface area (TPSA) is 41.5 Å². The molecule has 1 aromatic carbocycles. The van der Waals surface area contributed by atoms with Gasteiger partial charge in [0.2, 0.25) is 0 Å². The lowest BCUT2D eigenvalue weighted by atomic mass is 10.2.